The highest BCUT2D eigenvalue weighted by molar-refractivity contribution is 9.10. The fraction of sp³-hybridized carbons (Fsp3) is 0.500. The summed E-state index contributed by atoms with van der Waals surface area (Å²) >= 11 is 3.35. The highest BCUT2D eigenvalue weighted by atomic mass is 79.9. The van der Waals surface area contributed by atoms with Gasteiger partial charge in [-0.05, 0) is 49.3 Å². The Morgan fingerprint density at radius 2 is 1.86 bits per heavy atom. The molecule has 1 amide bonds. The van der Waals surface area contributed by atoms with Crippen molar-refractivity contribution in [1.29, 1.82) is 0 Å². The Morgan fingerprint density at radius 3 is 2.38 bits per heavy atom. The van der Waals surface area contributed by atoms with Gasteiger partial charge in [0, 0.05) is 4.47 Å². The maximum absolute atomic E-state index is 12.2. The lowest BCUT2D eigenvalue weighted by Gasteiger charge is -2.36. The number of hydrogen-bond acceptors (Lipinski definition) is 2. The van der Waals surface area contributed by atoms with Crippen LogP contribution < -0.4 is 5.32 Å². The minimum absolute atomic E-state index is 0.206. The smallest absolute Gasteiger partial charge is 0.329 e. The first kappa shape index (κ1) is 16.0. The molecule has 0 saturated heterocycles. The van der Waals surface area contributed by atoms with Crippen molar-refractivity contribution in [3.8, 4) is 0 Å². The molecule has 0 bridgehead atoms. The molecule has 4 nitrogen and oxygen atoms in total. The monoisotopic (exact) mass is 353 g/mol. The summed E-state index contributed by atoms with van der Waals surface area (Å²) in [4.78, 5) is 23.8. The largest absolute Gasteiger partial charge is 0.480 e. The second-order valence-corrected chi connectivity index (χ2v) is 6.84. The molecule has 2 N–H and O–H groups in total. The van der Waals surface area contributed by atoms with Gasteiger partial charge in [0.2, 0.25) is 5.91 Å². The van der Waals surface area contributed by atoms with Gasteiger partial charge >= 0.3 is 5.97 Å². The van der Waals surface area contributed by atoms with E-state index in [9.17, 15) is 14.7 Å². The average molecular weight is 354 g/mol. The van der Waals surface area contributed by atoms with E-state index in [2.05, 4.69) is 28.2 Å². The molecule has 2 rings (SSSR count). The van der Waals surface area contributed by atoms with E-state index in [4.69, 9.17) is 0 Å². The van der Waals surface area contributed by atoms with Gasteiger partial charge in [0.1, 0.15) is 5.54 Å². The Kier molecular flexibility index (Phi) is 5.04. The first-order chi connectivity index (χ1) is 9.91. The number of carbonyl (C=O) groups is 2. The number of carboxylic acids is 1. The summed E-state index contributed by atoms with van der Waals surface area (Å²) in [5, 5.41) is 12.3. The van der Waals surface area contributed by atoms with Crippen LogP contribution in [0.3, 0.4) is 0 Å². The number of carbonyl (C=O) groups excluding carboxylic acids is 1. The molecule has 21 heavy (non-hydrogen) atoms. The standard InChI is InChI=1S/C16H20BrNO3/c1-11-6-8-16(9-7-11,15(20)21)18-14(19)10-12-2-4-13(17)5-3-12/h2-5,11H,6-10H2,1H3,(H,18,19)(H,20,21). The Morgan fingerprint density at radius 1 is 1.29 bits per heavy atom. The summed E-state index contributed by atoms with van der Waals surface area (Å²) in [6.45, 7) is 2.12. The zero-order valence-electron chi connectivity index (χ0n) is 12.1. The van der Waals surface area contributed by atoms with Crippen LogP contribution >= 0.6 is 15.9 Å². The van der Waals surface area contributed by atoms with Crippen LogP contribution in [0.4, 0.5) is 0 Å². The van der Waals surface area contributed by atoms with Crippen LogP contribution in [-0.2, 0) is 16.0 Å². The molecule has 0 aliphatic heterocycles. The molecular weight excluding hydrogens is 334 g/mol. The third-order valence-electron chi connectivity index (χ3n) is 4.19. The van der Waals surface area contributed by atoms with Gasteiger partial charge in [-0.15, -0.1) is 0 Å². The van der Waals surface area contributed by atoms with E-state index in [1.54, 1.807) is 0 Å². The van der Waals surface area contributed by atoms with Gasteiger partial charge in [-0.25, -0.2) is 4.79 Å². The van der Waals surface area contributed by atoms with Gasteiger partial charge in [-0.3, -0.25) is 4.79 Å². The molecule has 0 unspecified atom stereocenters. The number of aliphatic carboxylic acids is 1. The molecule has 1 aliphatic rings. The van der Waals surface area contributed by atoms with Crippen LogP contribution in [-0.4, -0.2) is 22.5 Å². The average Bonchev–Trinajstić information content (AvgIpc) is 2.44. The number of carboxylic acid groups (broad SMARTS) is 1. The van der Waals surface area contributed by atoms with Gasteiger partial charge in [-0.2, -0.15) is 0 Å². The quantitative estimate of drug-likeness (QED) is 0.873. The molecule has 0 aromatic heterocycles. The molecule has 1 aliphatic carbocycles. The van der Waals surface area contributed by atoms with E-state index in [0.717, 1.165) is 22.9 Å². The summed E-state index contributed by atoms with van der Waals surface area (Å²) in [6, 6.07) is 7.47. The van der Waals surface area contributed by atoms with E-state index in [1.165, 1.54) is 0 Å². The Bertz CT molecular complexity index is 519. The summed E-state index contributed by atoms with van der Waals surface area (Å²) in [5.41, 5.74) is -0.209. The minimum atomic E-state index is -1.08. The molecular formula is C16H20BrNO3. The van der Waals surface area contributed by atoms with Crippen molar-refractivity contribution in [2.75, 3.05) is 0 Å². The van der Waals surface area contributed by atoms with Crippen molar-refractivity contribution in [3.05, 3.63) is 34.3 Å². The number of hydrogen-bond donors (Lipinski definition) is 2. The predicted octanol–water partition coefficient (Wildman–Crippen LogP) is 3.14. The van der Waals surface area contributed by atoms with Crippen LogP contribution in [0, 0.1) is 5.92 Å². The molecule has 1 aromatic carbocycles. The zero-order chi connectivity index (χ0) is 15.5. The third-order valence-corrected chi connectivity index (χ3v) is 4.72. The van der Waals surface area contributed by atoms with Crippen molar-refractivity contribution in [2.45, 2.75) is 44.6 Å². The fourth-order valence-corrected chi connectivity index (χ4v) is 3.01. The van der Waals surface area contributed by atoms with Gasteiger partial charge in [-0.1, -0.05) is 35.0 Å². The van der Waals surface area contributed by atoms with Crippen LogP contribution in [0.15, 0.2) is 28.7 Å². The van der Waals surface area contributed by atoms with Crippen molar-refractivity contribution in [2.24, 2.45) is 5.92 Å². The molecule has 0 spiro atoms. The van der Waals surface area contributed by atoms with Crippen molar-refractivity contribution in [1.82, 2.24) is 5.32 Å². The fourth-order valence-electron chi connectivity index (χ4n) is 2.75. The number of nitrogens with one attached hydrogen (secondary N) is 1. The van der Waals surface area contributed by atoms with Crippen molar-refractivity contribution in [3.63, 3.8) is 0 Å². The van der Waals surface area contributed by atoms with Gasteiger partial charge in [0.15, 0.2) is 0 Å². The Labute approximate surface area is 133 Å². The third kappa shape index (κ3) is 4.06. The first-order valence-corrected chi connectivity index (χ1v) is 7.99. The highest BCUT2D eigenvalue weighted by Crippen LogP contribution is 2.32. The van der Waals surface area contributed by atoms with Crippen LogP contribution in [0.5, 0.6) is 0 Å². The van der Waals surface area contributed by atoms with Gasteiger partial charge in [0.25, 0.3) is 0 Å². The first-order valence-electron chi connectivity index (χ1n) is 7.20. The van der Waals surface area contributed by atoms with E-state index in [0.29, 0.717) is 18.8 Å². The summed E-state index contributed by atoms with van der Waals surface area (Å²) in [6.07, 6.45) is 2.90. The summed E-state index contributed by atoms with van der Waals surface area (Å²) in [7, 11) is 0. The minimum Gasteiger partial charge on any atom is -0.480 e. The summed E-state index contributed by atoms with van der Waals surface area (Å²) in [5.74, 6) is -0.617. The van der Waals surface area contributed by atoms with Gasteiger partial charge < -0.3 is 10.4 Å². The number of amides is 1. The Balaban J connectivity index is 2.02. The molecule has 1 fully saturated rings. The number of benzene rings is 1. The normalized spacial score (nSPS) is 25.3. The molecule has 5 heteroatoms. The van der Waals surface area contributed by atoms with E-state index in [-0.39, 0.29) is 12.3 Å². The van der Waals surface area contributed by atoms with E-state index < -0.39 is 11.5 Å². The molecule has 0 heterocycles. The maximum Gasteiger partial charge on any atom is 0.329 e. The predicted molar refractivity (Wildman–Crippen MR) is 84.0 cm³/mol. The molecule has 0 radical (unpaired) electrons. The number of halogens is 1. The van der Waals surface area contributed by atoms with Crippen LogP contribution in [0.25, 0.3) is 0 Å². The lowest BCUT2D eigenvalue weighted by Crippen LogP contribution is -2.56. The van der Waals surface area contributed by atoms with Crippen LogP contribution in [0.1, 0.15) is 38.2 Å². The van der Waals surface area contributed by atoms with E-state index in [1.807, 2.05) is 24.3 Å². The second-order valence-electron chi connectivity index (χ2n) is 5.92. The molecule has 0 atom stereocenters. The second kappa shape index (κ2) is 6.60. The number of rotatable bonds is 4. The lowest BCUT2D eigenvalue weighted by molar-refractivity contribution is -0.149. The van der Waals surface area contributed by atoms with Crippen molar-refractivity contribution < 1.29 is 14.7 Å². The van der Waals surface area contributed by atoms with E-state index >= 15 is 0 Å². The summed E-state index contributed by atoms with van der Waals surface area (Å²) < 4.78 is 0.954. The maximum atomic E-state index is 12.2. The molecule has 1 aromatic rings. The van der Waals surface area contributed by atoms with Gasteiger partial charge in [0.05, 0.1) is 6.42 Å². The van der Waals surface area contributed by atoms with Crippen LogP contribution in [0.2, 0.25) is 0 Å². The molecule has 1 saturated carbocycles. The zero-order valence-corrected chi connectivity index (χ0v) is 13.6. The Hall–Kier alpha value is -1.36. The lowest BCUT2D eigenvalue weighted by atomic mass is 9.77. The topological polar surface area (TPSA) is 66.4 Å². The molecule has 114 valence electrons. The highest BCUT2D eigenvalue weighted by Gasteiger charge is 2.42. The van der Waals surface area contributed by atoms with Crippen molar-refractivity contribution >= 4 is 27.8 Å². The SMILES string of the molecule is CC1CCC(NC(=O)Cc2ccc(Br)cc2)(C(=O)O)CC1.